The van der Waals surface area contributed by atoms with Crippen LogP contribution in [0.4, 0.5) is 13.2 Å². The van der Waals surface area contributed by atoms with Crippen molar-refractivity contribution < 1.29 is 22.4 Å². The fourth-order valence-corrected chi connectivity index (χ4v) is 3.60. The summed E-state index contributed by atoms with van der Waals surface area (Å²) < 4.78 is 51.0. The summed E-state index contributed by atoms with van der Waals surface area (Å²) in [5.74, 6) is 0.888. The van der Waals surface area contributed by atoms with Crippen molar-refractivity contribution >= 4 is 11.8 Å². The second-order valence-electron chi connectivity index (χ2n) is 6.34. The zero-order valence-electron chi connectivity index (χ0n) is 16.2. The second kappa shape index (κ2) is 8.38. The van der Waals surface area contributed by atoms with Gasteiger partial charge in [0.05, 0.1) is 17.9 Å². The van der Waals surface area contributed by atoms with Crippen molar-refractivity contribution in [1.82, 2.24) is 30.3 Å². The number of hydrogen-bond acceptors (Lipinski definition) is 8. The van der Waals surface area contributed by atoms with Gasteiger partial charge in [0.2, 0.25) is 16.9 Å². The molecule has 8 nitrogen and oxygen atoms in total. The van der Waals surface area contributed by atoms with Crippen LogP contribution in [0.15, 0.2) is 58.2 Å². The zero-order chi connectivity index (χ0) is 22.0. The number of tetrazole rings is 1. The van der Waals surface area contributed by atoms with E-state index in [0.29, 0.717) is 16.6 Å². The Labute approximate surface area is 178 Å². The first-order valence-electron chi connectivity index (χ1n) is 8.96. The van der Waals surface area contributed by atoms with Gasteiger partial charge in [-0.1, -0.05) is 41.2 Å². The monoisotopic (exact) mass is 448 g/mol. The number of nitrogens with zero attached hydrogens (tertiary/aromatic N) is 6. The summed E-state index contributed by atoms with van der Waals surface area (Å²) >= 11 is 1.25. The number of alkyl halides is 3. The van der Waals surface area contributed by atoms with E-state index in [1.165, 1.54) is 28.6 Å². The molecule has 2 heterocycles. The first-order valence-corrected chi connectivity index (χ1v) is 9.84. The summed E-state index contributed by atoms with van der Waals surface area (Å²) in [6, 6.07) is 12.0. The highest BCUT2D eigenvalue weighted by molar-refractivity contribution is 7.99. The molecule has 0 saturated heterocycles. The highest BCUT2D eigenvalue weighted by Gasteiger charge is 2.31. The minimum atomic E-state index is -4.46. The molecule has 0 fully saturated rings. The van der Waals surface area contributed by atoms with E-state index in [1.54, 1.807) is 20.1 Å². The maximum atomic E-state index is 13.0. The third kappa shape index (κ3) is 4.38. The number of hydrogen-bond donors (Lipinski definition) is 0. The third-order valence-electron chi connectivity index (χ3n) is 4.27. The normalized spacial score (nSPS) is 12.7. The average Bonchev–Trinajstić information content (AvgIpc) is 3.43. The SMILES string of the molecule is COc1ccccc1-n1nnnc1S[C@H](C)c1nc(-c2cccc(C(F)(F)F)c2)no1. The predicted molar refractivity (Wildman–Crippen MR) is 105 cm³/mol. The van der Waals surface area contributed by atoms with Gasteiger partial charge in [0, 0.05) is 5.56 Å². The van der Waals surface area contributed by atoms with E-state index in [0.717, 1.165) is 12.1 Å². The number of aromatic nitrogens is 6. The van der Waals surface area contributed by atoms with Gasteiger partial charge in [-0.3, -0.25) is 0 Å². The van der Waals surface area contributed by atoms with E-state index in [-0.39, 0.29) is 22.5 Å². The lowest BCUT2D eigenvalue weighted by atomic mass is 10.1. The molecular weight excluding hydrogens is 433 g/mol. The Morgan fingerprint density at radius 2 is 1.94 bits per heavy atom. The van der Waals surface area contributed by atoms with Gasteiger partial charge < -0.3 is 9.26 Å². The lowest BCUT2D eigenvalue weighted by molar-refractivity contribution is -0.137. The van der Waals surface area contributed by atoms with Gasteiger partial charge in [0.25, 0.3) is 0 Å². The first-order chi connectivity index (χ1) is 14.9. The van der Waals surface area contributed by atoms with Crippen LogP contribution in [0, 0.1) is 0 Å². The van der Waals surface area contributed by atoms with Crippen LogP contribution < -0.4 is 4.74 Å². The summed E-state index contributed by atoms with van der Waals surface area (Å²) in [4.78, 5) is 4.25. The van der Waals surface area contributed by atoms with Crippen molar-refractivity contribution in [1.29, 1.82) is 0 Å². The Kier molecular flexibility index (Phi) is 5.63. The summed E-state index contributed by atoms with van der Waals surface area (Å²) in [5.41, 5.74) is 0.0792. The fraction of sp³-hybridized carbons (Fsp3) is 0.211. The van der Waals surface area contributed by atoms with E-state index >= 15 is 0 Å². The Balaban J connectivity index is 1.56. The summed E-state index contributed by atoms with van der Waals surface area (Å²) in [6.07, 6.45) is -4.46. The standard InChI is InChI=1S/C19H15F3N6O2S/c1-11(31-18-24-26-27-28(18)14-8-3-4-9-15(14)29-2)17-23-16(25-30-17)12-6-5-7-13(10-12)19(20,21)22/h3-11H,1-2H3/t11-/m1/s1. The molecule has 0 saturated carbocycles. The van der Waals surface area contributed by atoms with Gasteiger partial charge in [-0.05, 0) is 41.6 Å². The Morgan fingerprint density at radius 1 is 1.13 bits per heavy atom. The summed E-state index contributed by atoms with van der Waals surface area (Å²) in [6.45, 7) is 1.80. The largest absolute Gasteiger partial charge is 0.494 e. The van der Waals surface area contributed by atoms with Crippen molar-refractivity contribution in [2.24, 2.45) is 0 Å². The molecule has 0 bridgehead atoms. The van der Waals surface area contributed by atoms with Gasteiger partial charge in [0.15, 0.2) is 0 Å². The minimum absolute atomic E-state index is 0.0675. The third-order valence-corrected chi connectivity index (χ3v) is 5.29. The fourth-order valence-electron chi connectivity index (χ4n) is 2.77. The van der Waals surface area contributed by atoms with Crippen LogP contribution in [0.3, 0.4) is 0 Å². The molecule has 12 heteroatoms. The zero-order valence-corrected chi connectivity index (χ0v) is 17.1. The van der Waals surface area contributed by atoms with Crippen LogP contribution in [0.2, 0.25) is 0 Å². The van der Waals surface area contributed by atoms with E-state index in [2.05, 4.69) is 25.7 Å². The van der Waals surface area contributed by atoms with E-state index in [1.807, 2.05) is 18.2 Å². The molecular formula is C19H15F3N6O2S. The Morgan fingerprint density at radius 3 is 2.71 bits per heavy atom. The van der Waals surface area contributed by atoms with Crippen molar-refractivity contribution in [3.05, 3.63) is 60.0 Å². The van der Waals surface area contributed by atoms with Crippen LogP contribution in [0.5, 0.6) is 5.75 Å². The number of methoxy groups -OCH3 is 1. The van der Waals surface area contributed by atoms with E-state index in [4.69, 9.17) is 9.26 Å². The number of ether oxygens (including phenoxy) is 1. The maximum Gasteiger partial charge on any atom is 0.416 e. The van der Waals surface area contributed by atoms with Crippen LogP contribution in [0.25, 0.3) is 17.1 Å². The number of halogens is 3. The van der Waals surface area contributed by atoms with Crippen molar-refractivity contribution in [3.63, 3.8) is 0 Å². The molecule has 2 aromatic heterocycles. The molecule has 0 spiro atoms. The molecule has 0 amide bonds. The lowest BCUT2D eigenvalue weighted by Gasteiger charge is -2.10. The number of para-hydroxylation sites is 2. The van der Waals surface area contributed by atoms with Crippen LogP contribution >= 0.6 is 11.8 Å². The maximum absolute atomic E-state index is 13.0. The van der Waals surface area contributed by atoms with Gasteiger partial charge >= 0.3 is 6.18 Å². The van der Waals surface area contributed by atoms with Crippen LogP contribution in [-0.4, -0.2) is 37.5 Å². The molecule has 0 unspecified atom stereocenters. The van der Waals surface area contributed by atoms with Crippen LogP contribution in [0.1, 0.15) is 23.6 Å². The number of benzene rings is 2. The first kappa shape index (κ1) is 20.8. The average molecular weight is 448 g/mol. The molecule has 0 aliphatic rings. The minimum Gasteiger partial charge on any atom is -0.494 e. The Hall–Kier alpha value is -3.41. The molecule has 0 radical (unpaired) electrons. The molecule has 1 atom stereocenters. The molecule has 0 N–H and O–H groups in total. The lowest BCUT2D eigenvalue weighted by Crippen LogP contribution is -2.04. The topological polar surface area (TPSA) is 91.8 Å². The van der Waals surface area contributed by atoms with Crippen LogP contribution in [-0.2, 0) is 6.18 Å². The molecule has 4 rings (SSSR count). The van der Waals surface area contributed by atoms with Gasteiger partial charge in [-0.15, -0.1) is 5.10 Å². The van der Waals surface area contributed by atoms with Crippen molar-refractivity contribution in [2.45, 2.75) is 23.5 Å². The molecule has 31 heavy (non-hydrogen) atoms. The number of rotatable bonds is 6. The highest BCUT2D eigenvalue weighted by Crippen LogP contribution is 2.36. The predicted octanol–water partition coefficient (Wildman–Crippen LogP) is 4.59. The molecule has 160 valence electrons. The quantitative estimate of drug-likeness (QED) is 0.396. The molecule has 2 aromatic carbocycles. The molecule has 0 aliphatic heterocycles. The Bertz CT molecular complexity index is 1190. The van der Waals surface area contributed by atoms with E-state index in [9.17, 15) is 13.2 Å². The smallest absolute Gasteiger partial charge is 0.416 e. The summed E-state index contributed by atoms with van der Waals surface area (Å²) in [5, 5.41) is 15.7. The highest BCUT2D eigenvalue weighted by atomic mass is 32.2. The van der Waals surface area contributed by atoms with Gasteiger partial charge in [-0.25, -0.2) is 0 Å². The molecule has 0 aliphatic carbocycles. The molecule has 4 aromatic rings. The van der Waals surface area contributed by atoms with Gasteiger partial charge in [-0.2, -0.15) is 22.8 Å². The van der Waals surface area contributed by atoms with E-state index < -0.39 is 11.7 Å². The number of thioether (sulfide) groups is 1. The van der Waals surface area contributed by atoms with Crippen molar-refractivity contribution in [3.8, 4) is 22.8 Å². The summed E-state index contributed by atoms with van der Waals surface area (Å²) in [7, 11) is 1.55. The van der Waals surface area contributed by atoms with Gasteiger partial charge in [0.1, 0.15) is 11.4 Å². The second-order valence-corrected chi connectivity index (χ2v) is 7.65. The van der Waals surface area contributed by atoms with Crippen molar-refractivity contribution in [2.75, 3.05) is 7.11 Å².